The minimum atomic E-state index is -0.148. The lowest BCUT2D eigenvalue weighted by Gasteiger charge is -2.34. The van der Waals surface area contributed by atoms with Gasteiger partial charge in [-0.1, -0.05) is 6.92 Å². The Balaban J connectivity index is 1.89. The van der Waals surface area contributed by atoms with Crippen molar-refractivity contribution in [2.45, 2.75) is 52.6 Å². The first-order valence-corrected chi connectivity index (χ1v) is 8.00. The fourth-order valence-corrected chi connectivity index (χ4v) is 2.68. The van der Waals surface area contributed by atoms with Crippen LogP contribution in [0.4, 0.5) is 5.82 Å². The molecule has 0 aliphatic carbocycles. The summed E-state index contributed by atoms with van der Waals surface area (Å²) in [6, 6.07) is 2.13. The molecule has 122 valence electrons. The first kappa shape index (κ1) is 16.7. The Kier molecular flexibility index (Phi) is 5.34. The quantitative estimate of drug-likeness (QED) is 0.872. The lowest BCUT2D eigenvalue weighted by atomic mass is 10.0. The zero-order valence-corrected chi connectivity index (χ0v) is 14.0. The van der Waals surface area contributed by atoms with Crippen LogP contribution >= 0.6 is 0 Å². The summed E-state index contributed by atoms with van der Waals surface area (Å²) in [7, 11) is 0. The molecule has 1 fully saturated rings. The van der Waals surface area contributed by atoms with E-state index in [4.69, 9.17) is 5.73 Å². The number of rotatable bonds is 4. The van der Waals surface area contributed by atoms with Crippen molar-refractivity contribution in [3.8, 4) is 0 Å². The molecule has 0 aromatic carbocycles. The minimum absolute atomic E-state index is 0.0576. The molecule has 0 bridgehead atoms. The molecule has 2 unspecified atom stereocenters. The molecule has 1 amide bonds. The number of nitrogens with two attached hydrogens (primary N) is 1. The molecule has 1 aromatic rings. The number of hydrogen-bond donors (Lipinski definition) is 2. The van der Waals surface area contributed by atoms with E-state index in [9.17, 15) is 4.79 Å². The highest BCUT2D eigenvalue weighted by Gasteiger charge is 2.24. The van der Waals surface area contributed by atoms with E-state index in [1.54, 1.807) is 0 Å². The third-order valence-electron chi connectivity index (χ3n) is 4.32. The van der Waals surface area contributed by atoms with E-state index in [1.807, 2.05) is 33.8 Å². The first-order valence-electron chi connectivity index (χ1n) is 8.00. The van der Waals surface area contributed by atoms with Crippen molar-refractivity contribution < 1.29 is 4.79 Å². The summed E-state index contributed by atoms with van der Waals surface area (Å²) in [5.74, 6) is 1.70. The molecule has 6 nitrogen and oxygen atoms in total. The molecule has 0 saturated carbocycles. The van der Waals surface area contributed by atoms with E-state index in [0.29, 0.717) is 0 Å². The smallest absolute Gasteiger partial charge is 0.224 e. The van der Waals surface area contributed by atoms with E-state index >= 15 is 0 Å². The number of piperidine rings is 1. The number of amides is 1. The van der Waals surface area contributed by atoms with Gasteiger partial charge < -0.3 is 16.0 Å². The van der Waals surface area contributed by atoms with E-state index in [1.165, 1.54) is 0 Å². The highest BCUT2D eigenvalue weighted by atomic mass is 16.2. The topological polar surface area (TPSA) is 84.1 Å². The maximum atomic E-state index is 12.1. The Morgan fingerprint density at radius 2 is 1.95 bits per heavy atom. The van der Waals surface area contributed by atoms with Gasteiger partial charge in [0.1, 0.15) is 11.6 Å². The summed E-state index contributed by atoms with van der Waals surface area (Å²) in [5, 5.41) is 3.12. The predicted octanol–water partition coefficient (Wildman–Crippen LogP) is 1.16. The molecule has 6 heteroatoms. The Morgan fingerprint density at radius 1 is 1.32 bits per heavy atom. The molecule has 0 spiro atoms. The first-order chi connectivity index (χ1) is 10.4. The summed E-state index contributed by atoms with van der Waals surface area (Å²) in [4.78, 5) is 23.2. The molecule has 2 rings (SSSR count). The summed E-state index contributed by atoms with van der Waals surface area (Å²) < 4.78 is 0. The van der Waals surface area contributed by atoms with Crippen molar-refractivity contribution in [1.29, 1.82) is 0 Å². The Morgan fingerprint density at radius 3 is 2.50 bits per heavy atom. The molecule has 0 radical (unpaired) electrons. The normalized spacial score (nSPS) is 18.9. The van der Waals surface area contributed by atoms with Crippen LogP contribution in [0.5, 0.6) is 0 Å². The summed E-state index contributed by atoms with van der Waals surface area (Å²) >= 11 is 0. The molecule has 2 heterocycles. The van der Waals surface area contributed by atoms with Crippen molar-refractivity contribution in [2.75, 3.05) is 18.0 Å². The van der Waals surface area contributed by atoms with Crippen LogP contribution in [0.3, 0.4) is 0 Å². The SMILES string of the molecule is Cc1cc(N2CCC(NC(=O)C(C)C(C)N)CC2)nc(C)n1. The number of nitrogens with one attached hydrogen (secondary N) is 1. The standard InChI is InChI=1S/C16H27N5O/c1-10-9-15(19-13(4)18-10)21-7-5-14(6-8-21)20-16(22)11(2)12(3)17/h9,11-12,14H,5-8,17H2,1-4H3,(H,20,22). The summed E-state index contributed by atoms with van der Waals surface area (Å²) in [6.07, 6.45) is 1.86. The van der Waals surface area contributed by atoms with Gasteiger partial charge in [-0.15, -0.1) is 0 Å². The van der Waals surface area contributed by atoms with Gasteiger partial charge in [-0.25, -0.2) is 9.97 Å². The lowest BCUT2D eigenvalue weighted by Crippen LogP contribution is -2.48. The van der Waals surface area contributed by atoms with Crippen LogP contribution in [0.1, 0.15) is 38.2 Å². The third kappa shape index (κ3) is 4.16. The number of hydrogen-bond acceptors (Lipinski definition) is 5. The van der Waals surface area contributed by atoms with Crippen molar-refractivity contribution in [1.82, 2.24) is 15.3 Å². The van der Waals surface area contributed by atoms with Crippen LogP contribution in [-0.4, -0.2) is 41.0 Å². The van der Waals surface area contributed by atoms with Gasteiger partial charge in [0.15, 0.2) is 0 Å². The molecule has 22 heavy (non-hydrogen) atoms. The maximum Gasteiger partial charge on any atom is 0.224 e. The number of nitrogens with zero attached hydrogens (tertiary/aromatic N) is 3. The van der Waals surface area contributed by atoms with Crippen LogP contribution < -0.4 is 16.0 Å². The van der Waals surface area contributed by atoms with Crippen molar-refractivity contribution in [2.24, 2.45) is 11.7 Å². The molecular weight excluding hydrogens is 278 g/mol. The lowest BCUT2D eigenvalue weighted by molar-refractivity contribution is -0.125. The van der Waals surface area contributed by atoms with Crippen LogP contribution in [0.25, 0.3) is 0 Å². The Bertz CT molecular complexity index is 503. The number of anilines is 1. The molecule has 1 saturated heterocycles. The zero-order chi connectivity index (χ0) is 16.3. The summed E-state index contributed by atoms with van der Waals surface area (Å²) in [6.45, 7) is 9.44. The fourth-order valence-electron chi connectivity index (χ4n) is 2.68. The molecule has 3 N–H and O–H groups in total. The Hall–Kier alpha value is -1.69. The van der Waals surface area contributed by atoms with Gasteiger partial charge in [-0.05, 0) is 33.6 Å². The number of aryl methyl sites for hydroxylation is 2. The monoisotopic (exact) mass is 305 g/mol. The highest BCUT2D eigenvalue weighted by Crippen LogP contribution is 2.19. The third-order valence-corrected chi connectivity index (χ3v) is 4.32. The fraction of sp³-hybridized carbons (Fsp3) is 0.688. The highest BCUT2D eigenvalue weighted by molar-refractivity contribution is 5.79. The van der Waals surface area contributed by atoms with Crippen molar-refractivity contribution in [3.63, 3.8) is 0 Å². The van der Waals surface area contributed by atoms with E-state index in [2.05, 4.69) is 20.2 Å². The van der Waals surface area contributed by atoms with Crippen LogP contribution in [0.15, 0.2) is 6.07 Å². The maximum absolute atomic E-state index is 12.1. The number of aromatic nitrogens is 2. The zero-order valence-electron chi connectivity index (χ0n) is 14.0. The van der Waals surface area contributed by atoms with Gasteiger partial charge in [0.2, 0.25) is 5.91 Å². The van der Waals surface area contributed by atoms with Crippen LogP contribution in [0.2, 0.25) is 0 Å². The Labute approximate surface area is 132 Å². The van der Waals surface area contributed by atoms with Gasteiger partial charge in [0.25, 0.3) is 0 Å². The van der Waals surface area contributed by atoms with E-state index < -0.39 is 0 Å². The van der Waals surface area contributed by atoms with Gasteiger partial charge in [-0.3, -0.25) is 4.79 Å². The van der Waals surface area contributed by atoms with Crippen LogP contribution in [-0.2, 0) is 4.79 Å². The van der Waals surface area contributed by atoms with Gasteiger partial charge in [0, 0.05) is 42.9 Å². The minimum Gasteiger partial charge on any atom is -0.356 e. The second kappa shape index (κ2) is 7.05. The average Bonchev–Trinajstić information content (AvgIpc) is 2.46. The van der Waals surface area contributed by atoms with Gasteiger partial charge >= 0.3 is 0 Å². The largest absolute Gasteiger partial charge is 0.356 e. The van der Waals surface area contributed by atoms with Crippen LogP contribution in [0, 0.1) is 19.8 Å². The molecule has 1 aliphatic heterocycles. The molecule has 1 aliphatic rings. The molecule has 1 aromatic heterocycles. The predicted molar refractivity (Wildman–Crippen MR) is 87.7 cm³/mol. The average molecular weight is 305 g/mol. The van der Waals surface area contributed by atoms with E-state index in [-0.39, 0.29) is 23.9 Å². The second-order valence-electron chi connectivity index (χ2n) is 6.33. The summed E-state index contributed by atoms with van der Waals surface area (Å²) in [5.41, 5.74) is 6.77. The number of carbonyl (C=O) groups is 1. The second-order valence-corrected chi connectivity index (χ2v) is 6.33. The molecular formula is C16H27N5O. The van der Waals surface area contributed by atoms with Crippen molar-refractivity contribution in [3.05, 3.63) is 17.6 Å². The van der Waals surface area contributed by atoms with Gasteiger partial charge in [0.05, 0.1) is 0 Å². The van der Waals surface area contributed by atoms with Gasteiger partial charge in [-0.2, -0.15) is 0 Å². The van der Waals surface area contributed by atoms with Crippen molar-refractivity contribution >= 4 is 11.7 Å². The van der Waals surface area contributed by atoms with E-state index in [0.717, 1.165) is 43.3 Å². The molecule has 2 atom stereocenters. The number of carbonyl (C=O) groups excluding carboxylic acids is 1.